The molecule has 0 spiro atoms. The molecule has 5 nitrogen and oxygen atoms in total. The van der Waals surface area contributed by atoms with E-state index in [0.717, 1.165) is 5.56 Å². The SMILES string of the molecule is COc1cc(/C=C(\C#N)C(=O)OC/C=C/c2ccccc2)ccc1O. The van der Waals surface area contributed by atoms with Crippen molar-refractivity contribution in [1.82, 2.24) is 0 Å². The Morgan fingerprint density at radius 2 is 1.96 bits per heavy atom. The first-order chi connectivity index (χ1) is 12.1. The zero-order valence-corrected chi connectivity index (χ0v) is 13.7. The first-order valence-electron chi connectivity index (χ1n) is 7.51. The number of ether oxygens (including phenoxy) is 2. The summed E-state index contributed by atoms with van der Waals surface area (Å²) in [6.07, 6.45) is 4.91. The third kappa shape index (κ3) is 5.26. The summed E-state index contributed by atoms with van der Waals surface area (Å²) >= 11 is 0. The van der Waals surface area contributed by atoms with Crippen LogP contribution in [0.25, 0.3) is 12.2 Å². The fourth-order valence-corrected chi connectivity index (χ4v) is 2.04. The van der Waals surface area contributed by atoms with Gasteiger partial charge in [0.25, 0.3) is 0 Å². The van der Waals surface area contributed by atoms with Crippen LogP contribution in [0.2, 0.25) is 0 Å². The largest absolute Gasteiger partial charge is 0.504 e. The van der Waals surface area contributed by atoms with Crippen LogP contribution in [0.5, 0.6) is 11.5 Å². The zero-order valence-electron chi connectivity index (χ0n) is 13.7. The van der Waals surface area contributed by atoms with Crippen LogP contribution in [0, 0.1) is 11.3 Å². The molecule has 0 fully saturated rings. The van der Waals surface area contributed by atoms with Crippen molar-refractivity contribution in [2.24, 2.45) is 0 Å². The van der Waals surface area contributed by atoms with E-state index >= 15 is 0 Å². The molecule has 0 saturated heterocycles. The summed E-state index contributed by atoms with van der Waals surface area (Å²) in [6.45, 7) is 0.0612. The lowest BCUT2D eigenvalue weighted by atomic mass is 10.1. The fourth-order valence-electron chi connectivity index (χ4n) is 2.04. The van der Waals surface area contributed by atoms with E-state index in [0.29, 0.717) is 5.56 Å². The number of carbonyl (C=O) groups excluding carboxylic acids is 1. The number of benzene rings is 2. The number of nitrogens with zero attached hydrogens (tertiary/aromatic N) is 1. The highest BCUT2D eigenvalue weighted by molar-refractivity contribution is 5.98. The lowest BCUT2D eigenvalue weighted by Gasteiger charge is -2.04. The van der Waals surface area contributed by atoms with Gasteiger partial charge < -0.3 is 14.6 Å². The Bertz CT molecular complexity index is 833. The number of esters is 1. The lowest BCUT2D eigenvalue weighted by Crippen LogP contribution is -2.06. The van der Waals surface area contributed by atoms with Gasteiger partial charge in [-0.15, -0.1) is 0 Å². The second-order valence-electron chi connectivity index (χ2n) is 5.01. The Kier molecular flexibility index (Phi) is 6.38. The van der Waals surface area contributed by atoms with E-state index in [1.165, 1.54) is 25.3 Å². The molecule has 0 atom stereocenters. The minimum absolute atomic E-state index is 0.0215. The number of rotatable bonds is 6. The zero-order chi connectivity index (χ0) is 18.1. The third-order valence-corrected chi connectivity index (χ3v) is 3.28. The van der Waals surface area contributed by atoms with E-state index < -0.39 is 5.97 Å². The molecule has 25 heavy (non-hydrogen) atoms. The molecule has 0 unspecified atom stereocenters. The number of hydrogen-bond donors (Lipinski definition) is 1. The van der Waals surface area contributed by atoms with Gasteiger partial charge >= 0.3 is 5.97 Å². The fraction of sp³-hybridized carbons (Fsp3) is 0.100. The van der Waals surface area contributed by atoms with Crippen molar-refractivity contribution < 1.29 is 19.4 Å². The Labute approximate surface area is 146 Å². The summed E-state index contributed by atoms with van der Waals surface area (Å²) in [7, 11) is 1.42. The molecule has 0 aromatic heterocycles. The maximum Gasteiger partial charge on any atom is 0.349 e. The van der Waals surface area contributed by atoms with Gasteiger partial charge in [-0.1, -0.05) is 42.5 Å². The van der Waals surface area contributed by atoms with Gasteiger partial charge in [0.15, 0.2) is 11.5 Å². The van der Waals surface area contributed by atoms with Gasteiger partial charge in [-0.3, -0.25) is 0 Å². The van der Waals surface area contributed by atoms with E-state index in [2.05, 4.69) is 0 Å². The van der Waals surface area contributed by atoms with Crippen LogP contribution >= 0.6 is 0 Å². The highest BCUT2D eigenvalue weighted by Crippen LogP contribution is 2.27. The molecule has 0 aliphatic carbocycles. The molecule has 0 radical (unpaired) electrons. The van der Waals surface area contributed by atoms with Crippen LogP contribution in [0.3, 0.4) is 0 Å². The normalized spacial score (nSPS) is 11.1. The topological polar surface area (TPSA) is 79.5 Å². The Morgan fingerprint density at radius 1 is 1.20 bits per heavy atom. The average molecular weight is 335 g/mol. The predicted molar refractivity (Wildman–Crippen MR) is 94.7 cm³/mol. The Morgan fingerprint density at radius 3 is 2.64 bits per heavy atom. The van der Waals surface area contributed by atoms with Gasteiger partial charge in [0, 0.05) is 0 Å². The molecule has 1 N–H and O–H groups in total. The standard InChI is InChI=1S/C20H17NO4/c1-24-19-13-16(9-10-18(19)22)12-17(14-21)20(23)25-11-5-8-15-6-3-2-4-7-15/h2-10,12-13,22H,11H2,1H3/b8-5+,17-12+. The highest BCUT2D eigenvalue weighted by atomic mass is 16.5. The van der Waals surface area contributed by atoms with Gasteiger partial charge in [0.1, 0.15) is 18.2 Å². The molecule has 5 heteroatoms. The quantitative estimate of drug-likeness (QED) is 0.496. The number of methoxy groups -OCH3 is 1. The van der Waals surface area contributed by atoms with Crippen molar-refractivity contribution in [3.63, 3.8) is 0 Å². The number of hydrogen-bond acceptors (Lipinski definition) is 5. The number of carbonyl (C=O) groups is 1. The third-order valence-electron chi connectivity index (χ3n) is 3.28. The Balaban J connectivity index is 2.01. The summed E-state index contributed by atoms with van der Waals surface area (Å²) in [6, 6.07) is 15.9. The Hall–Kier alpha value is -3.52. The van der Waals surface area contributed by atoms with Crippen molar-refractivity contribution in [1.29, 1.82) is 5.26 Å². The molecular formula is C20H17NO4. The van der Waals surface area contributed by atoms with Crippen molar-refractivity contribution in [2.45, 2.75) is 0 Å². The van der Waals surface area contributed by atoms with E-state index in [1.807, 2.05) is 42.5 Å². The van der Waals surface area contributed by atoms with Gasteiger partial charge in [-0.25, -0.2) is 4.79 Å². The molecule has 2 aromatic carbocycles. The van der Waals surface area contributed by atoms with E-state index in [-0.39, 0.29) is 23.7 Å². The number of phenolic OH excluding ortho intramolecular Hbond substituents is 1. The first kappa shape index (κ1) is 17.8. The summed E-state index contributed by atoms with van der Waals surface area (Å²) in [5, 5.41) is 18.7. The minimum atomic E-state index is -0.716. The second kappa shape index (κ2) is 8.94. The van der Waals surface area contributed by atoms with E-state index in [1.54, 1.807) is 12.1 Å². The molecule has 0 amide bonds. The van der Waals surface area contributed by atoms with Crippen LogP contribution in [0.4, 0.5) is 0 Å². The van der Waals surface area contributed by atoms with Crippen LogP contribution in [-0.2, 0) is 9.53 Å². The number of aromatic hydroxyl groups is 1. The van der Waals surface area contributed by atoms with Crippen molar-refractivity contribution in [3.8, 4) is 17.6 Å². The molecule has 0 saturated carbocycles. The van der Waals surface area contributed by atoms with Crippen LogP contribution < -0.4 is 4.74 Å². The molecule has 2 rings (SSSR count). The molecular weight excluding hydrogens is 318 g/mol. The first-order valence-corrected chi connectivity index (χ1v) is 7.51. The summed E-state index contributed by atoms with van der Waals surface area (Å²) < 4.78 is 10.1. The lowest BCUT2D eigenvalue weighted by molar-refractivity contribution is -0.137. The van der Waals surface area contributed by atoms with Gasteiger partial charge in [-0.2, -0.15) is 5.26 Å². The predicted octanol–water partition coefficient (Wildman–Crippen LogP) is 3.56. The summed E-state index contributed by atoms with van der Waals surface area (Å²) in [4.78, 5) is 12.0. The highest BCUT2D eigenvalue weighted by Gasteiger charge is 2.11. The van der Waals surface area contributed by atoms with Gasteiger partial charge in [0.2, 0.25) is 0 Å². The van der Waals surface area contributed by atoms with Crippen molar-refractivity contribution in [2.75, 3.05) is 13.7 Å². The maximum atomic E-state index is 12.0. The smallest absolute Gasteiger partial charge is 0.349 e. The maximum absolute atomic E-state index is 12.0. The molecule has 126 valence electrons. The number of nitriles is 1. The molecule has 0 aliphatic heterocycles. The van der Waals surface area contributed by atoms with Crippen molar-refractivity contribution >= 4 is 18.1 Å². The van der Waals surface area contributed by atoms with Crippen LogP contribution in [0.1, 0.15) is 11.1 Å². The number of phenols is 1. The molecule has 0 bridgehead atoms. The van der Waals surface area contributed by atoms with Crippen molar-refractivity contribution in [3.05, 3.63) is 71.3 Å². The van der Waals surface area contributed by atoms with Gasteiger partial charge in [-0.05, 0) is 35.4 Å². The monoisotopic (exact) mass is 335 g/mol. The minimum Gasteiger partial charge on any atom is -0.504 e. The average Bonchev–Trinajstić information content (AvgIpc) is 2.65. The second-order valence-corrected chi connectivity index (χ2v) is 5.01. The van der Waals surface area contributed by atoms with Crippen LogP contribution in [-0.4, -0.2) is 24.8 Å². The van der Waals surface area contributed by atoms with E-state index in [9.17, 15) is 9.90 Å². The molecule has 0 heterocycles. The summed E-state index contributed by atoms with van der Waals surface area (Å²) in [5.41, 5.74) is 1.40. The van der Waals surface area contributed by atoms with Gasteiger partial charge in [0.05, 0.1) is 7.11 Å². The summed E-state index contributed by atoms with van der Waals surface area (Å²) in [5.74, 6) is -0.482. The van der Waals surface area contributed by atoms with E-state index in [4.69, 9.17) is 14.7 Å². The van der Waals surface area contributed by atoms with Crippen LogP contribution in [0.15, 0.2) is 60.2 Å². The molecule has 0 aliphatic rings. The molecule has 2 aromatic rings.